The lowest BCUT2D eigenvalue weighted by molar-refractivity contribution is -0.387. The number of anilines is 1. The summed E-state index contributed by atoms with van der Waals surface area (Å²) in [6, 6.07) is 3.24. The molecule has 0 unspecified atom stereocenters. The summed E-state index contributed by atoms with van der Waals surface area (Å²) in [5.74, 6) is 5.04. The van der Waals surface area contributed by atoms with Crippen LogP contribution in [0.5, 0.6) is 11.6 Å². The molecule has 0 saturated heterocycles. The van der Waals surface area contributed by atoms with Crippen molar-refractivity contribution in [3.8, 4) is 11.6 Å². The fourth-order valence-corrected chi connectivity index (χ4v) is 1.74. The van der Waals surface area contributed by atoms with Crippen molar-refractivity contribution in [1.29, 1.82) is 0 Å². The molecule has 8 nitrogen and oxygen atoms in total. The van der Waals surface area contributed by atoms with Gasteiger partial charge in [0, 0.05) is 12.1 Å². The molecule has 0 bridgehead atoms. The number of hydrogen-bond donors (Lipinski definition) is 2. The van der Waals surface area contributed by atoms with Gasteiger partial charge in [-0.25, -0.2) is 15.8 Å². The van der Waals surface area contributed by atoms with Gasteiger partial charge in [-0.2, -0.15) is 4.39 Å². The van der Waals surface area contributed by atoms with E-state index in [4.69, 9.17) is 10.6 Å². The third kappa shape index (κ3) is 3.03. The van der Waals surface area contributed by atoms with Crippen LogP contribution in [-0.4, -0.2) is 14.9 Å². The van der Waals surface area contributed by atoms with Gasteiger partial charge < -0.3 is 10.2 Å². The van der Waals surface area contributed by atoms with Gasteiger partial charge in [0.1, 0.15) is 17.9 Å². The van der Waals surface area contributed by atoms with Crippen molar-refractivity contribution in [2.45, 2.75) is 13.3 Å². The molecule has 0 saturated carbocycles. The van der Waals surface area contributed by atoms with Crippen LogP contribution in [0.4, 0.5) is 15.9 Å². The number of nitro benzene ring substituents is 1. The van der Waals surface area contributed by atoms with Crippen LogP contribution in [0, 0.1) is 15.9 Å². The summed E-state index contributed by atoms with van der Waals surface area (Å²) in [5, 5.41) is 10.6. The highest BCUT2D eigenvalue weighted by atomic mass is 19.1. The van der Waals surface area contributed by atoms with E-state index < -0.39 is 16.4 Å². The van der Waals surface area contributed by atoms with Crippen LogP contribution in [0.25, 0.3) is 0 Å². The van der Waals surface area contributed by atoms with Crippen LogP contribution in [0.3, 0.4) is 0 Å². The number of nitrogens with zero attached hydrogens (tertiary/aromatic N) is 3. The quantitative estimate of drug-likeness (QED) is 0.493. The number of halogens is 1. The number of hydrogen-bond acceptors (Lipinski definition) is 7. The van der Waals surface area contributed by atoms with Gasteiger partial charge in [-0.3, -0.25) is 10.1 Å². The van der Waals surface area contributed by atoms with Crippen molar-refractivity contribution in [1.82, 2.24) is 9.97 Å². The summed E-state index contributed by atoms with van der Waals surface area (Å²) in [6.07, 6.45) is 1.77. The summed E-state index contributed by atoms with van der Waals surface area (Å²) in [5.41, 5.74) is 2.40. The maximum atomic E-state index is 13.5. The second kappa shape index (κ2) is 6.09. The smallest absolute Gasteiger partial charge is 0.305 e. The molecule has 1 aromatic heterocycles. The maximum Gasteiger partial charge on any atom is 0.305 e. The first kappa shape index (κ1) is 14.6. The Hall–Kier alpha value is -2.81. The number of aromatic nitrogens is 2. The van der Waals surface area contributed by atoms with E-state index >= 15 is 0 Å². The minimum Gasteiger partial charge on any atom is -0.438 e. The molecule has 1 aromatic carbocycles. The summed E-state index contributed by atoms with van der Waals surface area (Å²) < 4.78 is 19.0. The zero-order valence-corrected chi connectivity index (χ0v) is 11.0. The van der Waals surface area contributed by atoms with Crippen molar-refractivity contribution in [2.24, 2.45) is 5.84 Å². The Morgan fingerprint density at radius 2 is 2.24 bits per heavy atom. The summed E-state index contributed by atoms with van der Waals surface area (Å²) in [7, 11) is 0. The average molecular weight is 293 g/mol. The molecule has 9 heteroatoms. The minimum atomic E-state index is -0.984. The number of benzene rings is 1. The lowest BCUT2D eigenvalue weighted by Gasteiger charge is -2.11. The minimum absolute atomic E-state index is 0.0921. The molecule has 0 amide bonds. The summed E-state index contributed by atoms with van der Waals surface area (Å²) >= 11 is 0. The highest BCUT2D eigenvalue weighted by molar-refractivity contribution is 5.49. The van der Waals surface area contributed by atoms with E-state index in [-0.39, 0.29) is 11.6 Å². The summed E-state index contributed by atoms with van der Waals surface area (Å²) in [4.78, 5) is 17.6. The number of ether oxygens (including phenoxy) is 1. The largest absolute Gasteiger partial charge is 0.438 e. The Labute approximate surface area is 118 Å². The lowest BCUT2D eigenvalue weighted by atomic mass is 10.2. The van der Waals surface area contributed by atoms with Crippen LogP contribution >= 0.6 is 0 Å². The van der Waals surface area contributed by atoms with Gasteiger partial charge in [0.05, 0.1) is 10.5 Å². The fraction of sp³-hybridized carbons (Fsp3) is 0.167. The number of hydrazine groups is 1. The van der Waals surface area contributed by atoms with E-state index in [1.54, 1.807) is 0 Å². The first-order valence-electron chi connectivity index (χ1n) is 5.99. The Kier molecular flexibility index (Phi) is 4.24. The zero-order valence-electron chi connectivity index (χ0n) is 11.0. The fourth-order valence-electron chi connectivity index (χ4n) is 1.74. The predicted octanol–water partition coefficient (Wildman–Crippen LogP) is 2.16. The average Bonchev–Trinajstić information content (AvgIpc) is 2.46. The number of nitrogens with two attached hydrogens (primary N) is 1. The lowest BCUT2D eigenvalue weighted by Crippen LogP contribution is -2.12. The number of nitro groups is 1. The Bertz CT molecular complexity index is 680. The third-order valence-corrected chi connectivity index (χ3v) is 2.73. The van der Waals surface area contributed by atoms with Gasteiger partial charge in [-0.15, -0.1) is 0 Å². The number of nitrogens with one attached hydrogen (secondary N) is 1. The van der Waals surface area contributed by atoms with Gasteiger partial charge in [-0.1, -0.05) is 6.92 Å². The van der Waals surface area contributed by atoms with Crippen LogP contribution in [0.2, 0.25) is 0 Å². The highest BCUT2D eigenvalue weighted by Crippen LogP contribution is 2.29. The van der Waals surface area contributed by atoms with Crippen LogP contribution in [0.1, 0.15) is 12.5 Å². The van der Waals surface area contributed by atoms with Gasteiger partial charge in [-0.05, 0) is 12.5 Å². The molecule has 0 aliphatic rings. The van der Waals surface area contributed by atoms with Crippen molar-refractivity contribution in [3.05, 3.63) is 46.0 Å². The Morgan fingerprint density at radius 1 is 1.48 bits per heavy atom. The van der Waals surface area contributed by atoms with Crippen LogP contribution in [0.15, 0.2) is 24.5 Å². The molecule has 0 radical (unpaired) electrons. The predicted molar refractivity (Wildman–Crippen MR) is 72.3 cm³/mol. The molecule has 3 N–H and O–H groups in total. The summed E-state index contributed by atoms with van der Waals surface area (Å²) in [6.45, 7) is 1.85. The van der Waals surface area contributed by atoms with Crippen LogP contribution in [-0.2, 0) is 6.42 Å². The van der Waals surface area contributed by atoms with Crippen molar-refractivity contribution in [3.63, 3.8) is 0 Å². The van der Waals surface area contributed by atoms with E-state index in [1.807, 2.05) is 6.92 Å². The molecular formula is C12H12FN5O3. The molecule has 0 atom stereocenters. The SMILES string of the molecule is CCc1c(NN)ncnc1Oc1ccc([N+](=O)[O-])c(F)c1. The van der Waals surface area contributed by atoms with Crippen LogP contribution < -0.4 is 16.0 Å². The van der Waals surface area contributed by atoms with Gasteiger partial charge in [0.25, 0.3) is 0 Å². The van der Waals surface area contributed by atoms with Crippen molar-refractivity contribution in [2.75, 3.05) is 5.43 Å². The molecular weight excluding hydrogens is 281 g/mol. The molecule has 110 valence electrons. The second-order valence-electron chi connectivity index (χ2n) is 3.98. The zero-order chi connectivity index (χ0) is 15.4. The van der Waals surface area contributed by atoms with Gasteiger partial charge in [0.15, 0.2) is 0 Å². The topological polar surface area (TPSA) is 116 Å². The normalized spacial score (nSPS) is 10.2. The second-order valence-corrected chi connectivity index (χ2v) is 3.98. The number of rotatable bonds is 5. The maximum absolute atomic E-state index is 13.5. The molecule has 0 aliphatic heterocycles. The first-order chi connectivity index (χ1) is 10.1. The Balaban J connectivity index is 2.34. The van der Waals surface area contributed by atoms with Crippen molar-refractivity contribution < 1.29 is 14.1 Å². The van der Waals surface area contributed by atoms with E-state index in [9.17, 15) is 14.5 Å². The highest BCUT2D eigenvalue weighted by Gasteiger charge is 2.16. The molecule has 0 aliphatic carbocycles. The Morgan fingerprint density at radius 3 is 2.81 bits per heavy atom. The molecule has 2 rings (SSSR count). The number of nitrogen functional groups attached to an aromatic ring is 1. The first-order valence-corrected chi connectivity index (χ1v) is 5.99. The van der Waals surface area contributed by atoms with E-state index in [0.29, 0.717) is 17.8 Å². The third-order valence-electron chi connectivity index (χ3n) is 2.73. The molecule has 0 fully saturated rings. The van der Waals surface area contributed by atoms with Crippen molar-refractivity contribution >= 4 is 11.5 Å². The van der Waals surface area contributed by atoms with Gasteiger partial charge in [0.2, 0.25) is 11.7 Å². The monoisotopic (exact) mass is 293 g/mol. The molecule has 0 spiro atoms. The standard InChI is InChI=1S/C12H12FN5O3/c1-2-8-11(17-14)15-6-16-12(8)21-7-3-4-10(18(19)20)9(13)5-7/h3-6H,2,14H2,1H3,(H,15,16,17). The molecule has 1 heterocycles. The van der Waals surface area contributed by atoms with E-state index in [1.165, 1.54) is 12.4 Å². The molecule has 2 aromatic rings. The molecule has 21 heavy (non-hydrogen) atoms. The van der Waals surface area contributed by atoms with E-state index in [0.717, 1.165) is 12.1 Å². The van der Waals surface area contributed by atoms with Gasteiger partial charge >= 0.3 is 5.69 Å². The van der Waals surface area contributed by atoms with E-state index in [2.05, 4.69) is 15.4 Å².